The zero-order chi connectivity index (χ0) is 14.3. The predicted molar refractivity (Wildman–Crippen MR) is 75.0 cm³/mol. The van der Waals surface area contributed by atoms with Gasteiger partial charge in [-0.3, -0.25) is 4.79 Å². The molecule has 0 heterocycles. The van der Waals surface area contributed by atoms with E-state index in [9.17, 15) is 9.59 Å². The van der Waals surface area contributed by atoms with Crippen molar-refractivity contribution in [2.45, 2.75) is 25.8 Å². The Hall–Kier alpha value is -1.81. The van der Waals surface area contributed by atoms with E-state index in [0.29, 0.717) is 17.9 Å². The molecule has 1 aromatic rings. The summed E-state index contributed by atoms with van der Waals surface area (Å²) in [5.74, 6) is -1.44. The van der Waals surface area contributed by atoms with Gasteiger partial charge in [0.25, 0.3) is 0 Å². The van der Waals surface area contributed by atoms with Crippen LogP contribution in [0.3, 0.4) is 0 Å². The number of aliphatic carboxylic acids is 1. The van der Waals surface area contributed by atoms with Crippen molar-refractivity contribution in [3.8, 4) is 0 Å². The molecule has 0 aliphatic carbocycles. The second-order valence-electron chi connectivity index (χ2n) is 4.07. The molecule has 4 nitrogen and oxygen atoms in total. The molecule has 0 aromatic heterocycles. The van der Waals surface area contributed by atoms with E-state index in [1.165, 1.54) is 6.08 Å². The van der Waals surface area contributed by atoms with Gasteiger partial charge in [-0.05, 0) is 30.2 Å². The molecular formula is C14H16ClNO3. The van der Waals surface area contributed by atoms with Crippen LogP contribution in [0.2, 0.25) is 5.02 Å². The van der Waals surface area contributed by atoms with Gasteiger partial charge in [0.15, 0.2) is 0 Å². The first-order valence-corrected chi connectivity index (χ1v) is 6.37. The highest BCUT2D eigenvalue weighted by molar-refractivity contribution is 6.30. The van der Waals surface area contributed by atoms with E-state index < -0.39 is 17.9 Å². The van der Waals surface area contributed by atoms with Crippen molar-refractivity contribution < 1.29 is 14.7 Å². The molecule has 5 heteroatoms. The van der Waals surface area contributed by atoms with Gasteiger partial charge in [-0.25, -0.2) is 4.79 Å². The second-order valence-corrected chi connectivity index (χ2v) is 4.51. The van der Waals surface area contributed by atoms with E-state index in [1.807, 2.05) is 6.92 Å². The SMILES string of the molecule is CCCC(NC(=O)/C=C/c1ccc(Cl)cc1)C(=O)O. The van der Waals surface area contributed by atoms with E-state index in [-0.39, 0.29) is 0 Å². The fourth-order valence-corrected chi connectivity index (χ4v) is 1.64. The third-order valence-electron chi connectivity index (χ3n) is 2.49. The van der Waals surface area contributed by atoms with Crippen molar-refractivity contribution in [2.24, 2.45) is 0 Å². The average Bonchev–Trinajstić information content (AvgIpc) is 2.37. The molecule has 2 N–H and O–H groups in total. The lowest BCUT2D eigenvalue weighted by Gasteiger charge is -2.11. The van der Waals surface area contributed by atoms with E-state index in [1.54, 1.807) is 30.3 Å². The number of carbonyl (C=O) groups is 2. The van der Waals surface area contributed by atoms with Gasteiger partial charge in [-0.1, -0.05) is 37.1 Å². The third-order valence-corrected chi connectivity index (χ3v) is 2.74. The maximum Gasteiger partial charge on any atom is 0.326 e. The summed E-state index contributed by atoms with van der Waals surface area (Å²) in [6.45, 7) is 1.87. The summed E-state index contributed by atoms with van der Waals surface area (Å²) < 4.78 is 0. The first kappa shape index (κ1) is 15.2. The average molecular weight is 282 g/mol. The molecule has 0 spiro atoms. The van der Waals surface area contributed by atoms with Gasteiger partial charge in [0.05, 0.1) is 0 Å². The molecule has 0 aliphatic heterocycles. The molecule has 0 saturated heterocycles. The summed E-state index contributed by atoms with van der Waals surface area (Å²) in [6.07, 6.45) is 4.03. The Balaban J connectivity index is 2.58. The Morgan fingerprint density at radius 3 is 2.53 bits per heavy atom. The van der Waals surface area contributed by atoms with Crippen molar-refractivity contribution >= 4 is 29.6 Å². The molecule has 0 fully saturated rings. The number of carboxylic acid groups (broad SMARTS) is 1. The third kappa shape index (κ3) is 5.57. The second kappa shape index (κ2) is 7.59. The number of rotatable bonds is 6. The molecule has 1 rings (SSSR count). The topological polar surface area (TPSA) is 66.4 Å². The van der Waals surface area contributed by atoms with Crippen LogP contribution in [0, 0.1) is 0 Å². The van der Waals surface area contributed by atoms with Gasteiger partial charge < -0.3 is 10.4 Å². The predicted octanol–water partition coefficient (Wildman–Crippen LogP) is 2.72. The van der Waals surface area contributed by atoms with Crippen molar-refractivity contribution in [1.82, 2.24) is 5.32 Å². The molecule has 1 aromatic carbocycles. The number of carboxylic acids is 1. The molecule has 0 bridgehead atoms. The molecule has 0 radical (unpaired) electrons. The molecule has 1 unspecified atom stereocenters. The zero-order valence-corrected chi connectivity index (χ0v) is 11.4. The summed E-state index contributed by atoms with van der Waals surface area (Å²) >= 11 is 5.74. The molecule has 0 aliphatic rings. The monoisotopic (exact) mass is 281 g/mol. The number of nitrogens with one attached hydrogen (secondary N) is 1. The van der Waals surface area contributed by atoms with Gasteiger partial charge >= 0.3 is 5.97 Å². The Morgan fingerprint density at radius 2 is 2.00 bits per heavy atom. The first-order chi connectivity index (χ1) is 9.02. The molecule has 0 saturated carbocycles. The van der Waals surface area contributed by atoms with Crippen LogP contribution in [-0.2, 0) is 9.59 Å². The maximum absolute atomic E-state index is 11.6. The van der Waals surface area contributed by atoms with Crippen LogP contribution in [0.5, 0.6) is 0 Å². The minimum absolute atomic E-state index is 0.413. The molecular weight excluding hydrogens is 266 g/mol. The van der Waals surface area contributed by atoms with Crippen LogP contribution in [0.1, 0.15) is 25.3 Å². The molecule has 1 amide bonds. The minimum Gasteiger partial charge on any atom is -0.480 e. The Bertz CT molecular complexity index is 468. The quantitative estimate of drug-likeness (QED) is 0.788. The van der Waals surface area contributed by atoms with Crippen molar-refractivity contribution in [3.05, 3.63) is 40.9 Å². The number of hydrogen-bond acceptors (Lipinski definition) is 2. The van der Waals surface area contributed by atoms with Gasteiger partial charge in [-0.2, -0.15) is 0 Å². The molecule has 19 heavy (non-hydrogen) atoms. The lowest BCUT2D eigenvalue weighted by Crippen LogP contribution is -2.39. The maximum atomic E-state index is 11.6. The highest BCUT2D eigenvalue weighted by atomic mass is 35.5. The summed E-state index contributed by atoms with van der Waals surface area (Å²) in [4.78, 5) is 22.5. The smallest absolute Gasteiger partial charge is 0.326 e. The van der Waals surface area contributed by atoms with Gasteiger partial charge in [0.2, 0.25) is 5.91 Å². The number of amides is 1. The van der Waals surface area contributed by atoms with Crippen LogP contribution in [0.4, 0.5) is 0 Å². The summed E-state index contributed by atoms with van der Waals surface area (Å²) in [5, 5.41) is 12.0. The Labute approximate surface area is 117 Å². The number of carbonyl (C=O) groups excluding carboxylic acids is 1. The number of halogens is 1. The van der Waals surface area contributed by atoms with E-state index in [2.05, 4.69) is 5.32 Å². The first-order valence-electron chi connectivity index (χ1n) is 6.00. The van der Waals surface area contributed by atoms with Crippen molar-refractivity contribution in [1.29, 1.82) is 0 Å². The summed E-state index contributed by atoms with van der Waals surface area (Å²) in [7, 11) is 0. The van der Waals surface area contributed by atoms with Crippen LogP contribution in [-0.4, -0.2) is 23.0 Å². The summed E-state index contributed by atoms with van der Waals surface area (Å²) in [6, 6.07) is 6.14. The van der Waals surface area contributed by atoms with Gasteiger partial charge in [-0.15, -0.1) is 0 Å². The highest BCUT2D eigenvalue weighted by Gasteiger charge is 2.17. The molecule has 102 valence electrons. The van der Waals surface area contributed by atoms with Crippen LogP contribution in [0.25, 0.3) is 6.08 Å². The van der Waals surface area contributed by atoms with Crippen molar-refractivity contribution in [2.75, 3.05) is 0 Å². The van der Waals surface area contributed by atoms with Gasteiger partial charge in [0.1, 0.15) is 6.04 Å². The minimum atomic E-state index is -1.02. The fourth-order valence-electron chi connectivity index (χ4n) is 1.51. The number of hydrogen-bond donors (Lipinski definition) is 2. The van der Waals surface area contributed by atoms with E-state index >= 15 is 0 Å². The fraction of sp³-hybridized carbons (Fsp3) is 0.286. The van der Waals surface area contributed by atoms with Crippen LogP contribution < -0.4 is 5.32 Å². The molecule has 1 atom stereocenters. The van der Waals surface area contributed by atoms with Crippen LogP contribution in [0.15, 0.2) is 30.3 Å². The van der Waals surface area contributed by atoms with E-state index in [0.717, 1.165) is 5.56 Å². The standard InChI is InChI=1S/C14H16ClNO3/c1-2-3-12(14(18)19)16-13(17)9-6-10-4-7-11(15)8-5-10/h4-9,12H,2-3H2,1H3,(H,16,17)(H,18,19)/b9-6+. The lowest BCUT2D eigenvalue weighted by molar-refractivity contribution is -0.141. The highest BCUT2D eigenvalue weighted by Crippen LogP contribution is 2.10. The lowest BCUT2D eigenvalue weighted by atomic mass is 10.1. The normalized spacial score (nSPS) is 12.3. The van der Waals surface area contributed by atoms with Crippen LogP contribution >= 0.6 is 11.6 Å². The van der Waals surface area contributed by atoms with Crippen molar-refractivity contribution in [3.63, 3.8) is 0 Å². The Morgan fingerprint density at radius 1 is 1.37 bits per heavy atom. The van der Waals surface area contributed by atoms with Gasteiger partial charge in [0, 0.05) is 11.1 Å². The largest absolute Gasteiger partial charge is 0.480 e. The number of benzene rings is 1. The summed E-state index contributed by atoms with van der Waals surface area (Å²) in [5.41, 5.74) is 0.821. The Kier molecular flexibility index (Phi) is 6.09. The van der Waals surface area contributed by atoms with E-state index in [4.69, 9.17) is 16.7 Å². The zero-order valence-electron chi connectivity index (χ0n) is 10.6.